The van der Waals surface area contributed by atoms with Gasteiger partial charge < -0.3 is 11.1 Å². The lowest BCUT2D eigenvalue weighted by molar-refractivity contribution is 0.251. The number of carbonyl (C=O) groups is 1. The first-order valence-electron chi connectivity index (χ1n) is 3.72. The minimum absolute atomic E-state index is 0.544. The van der Waals surface area contributed by atoms with E-state index in [0.29, 0.717) is 5.70 Å². The van der Waals surface area contributed by atoms with Crippen LogP contribution in [-0.2, 0) is 0 Å². The summed E-state index contributed by atoms with van der Waals surface area (Å²) >= 11 is 0. The zero-order chi connectivity index (χ0) is 9.98. The van der Waals surface area contributed by atoms with Crippen molar-refractivity contribution in [2.75, 3.05) is 0 Å². The van der Waals surface area contributed by atoms with Crippen molar-refractivity contribution in [2.24, 2.45) is 5.73 Å². The molecule has 0 spiro atoms. The van der Waals surface area contributed by atoms with Crippen LogP contribution in [0.1, 0.15) is 13.8 Å². The van der Waals surface area contributed by atoms with Crippen molar-refractivity contribution in [2.45, 2.75) is 13.8 Å². The lowest BCUT2D eigenvalue weighted by Crippen LogP contribution is -2.27. The highest BCUT2D eigenvalue weighted by Crippen LogP contribution is 1.88. The van der Waals surface area contributed by atoms with E-state index in [1.807, 2.05) is 13.8 Å². The third-order valence-electron chi connectivity index (χ3n) is 0.785. The first-order chi connectivity index (χ1) is 5.70. The second kappa shape index (κ2) is 9.49. The molecule has 0 aromatic rings. The van der Waals surface area contributed by atoms with Crippen LogP contribution in [-0.4, -0.2) is 6.03 Å². The molecule has 68 valence electrons. The Labute approximate surface area is 73.6 Å². The van der Waals surface area contributed by atoms with Gasteiger partial charge in [-0.15, -0.1) is 0 Å². The molecule has 0 rings (SSSR count). The van der Waals surface area contributed by atoms with E-state index >= 15 is 0 Å². The number of nitrogens with one attached hydrogen (secondary N) is 1. The predicted octanol–water partition coefficient (Wildman–Crippen LogP) is 1.94. The molecule has 0 fully saturated rings. The number of hydrogen-bond donors (Lipinski definition) is 2. The van der Waals surface area contributed by atoms with Gasteiger partial charge in [0.25, 0.3) is 0 Å². The number of hydrogen-bond acceptors (Lipinski definition) is 1. The summed E-state index contributed by atoms with van der Waals surface area (Å²) in [5.74, 6) is 0. The Hall–Kier alpha value is -1.51. The van der Waals surface area contributed by atoms with Gasteiger partial charge in [-0.1, -0.05) is 33.1 Å². The molecule has 0 saturated heterocycles. The summed E-state index contributed by atoms with van der Waals surface area (Å²) in [6.45, 7) is 10.9. The van der Waals surface area contributed by atoms with Crippen molar-refractivity contribution in [3.63, 3.8) is 0 Å². The van der Waals surface area contributed by atoms with Crippen LogP contribution >= 0.6 is 0 Å². The second-order valence-electron chi connectivity index (χ2n) is 1.55. The molecule has 0 aromatic heterocycles. The molecule has 0 bridgehead atoms. The van der Waals surface area contributed by atoms with Gasteiger partial charge in [0.2, 0.25) is 0 Å². The van der Waals surface area contributed by atoms with E-state index in [1.54, 1.807) is 6.08 Å². The maximum absolute atomic E-state index is 10.2. The molecule has 0 atom stereocenters. The highest BCUT2D eigenvalue weighted by Gasteiger charge is 1.91. The summed E-state index contributed by atoms with van der Waals surface area (Å²) < 4.78 is 0. The largest absolute Gasteiger partial charge is 0.351 e. The van der Waals surface area contributed by atoms with E-state index in [1.165, 1.54) is 12.2 Å². The molecule has 0 heterocycles. The fraction of sp³-hybridized carbons (Fsp3) is 0.222. The number of allylic oxidation sites excluding steroid dienone is 3. The van der Waals surface area contributed by atoms with E-state index in [-0.39, 0.29) is 0 Å². The van der Waals surface area contributed by atoms with E-state index < -0.39 is 6.03 Å². The van der Waals surface area contributed by atoms with Crippen molar-refractivity contribution in [1.82, 2.24) is 5.32 Å². The van der Waals surface area contributed by atoms with Gasteiger partial charge in [0.1, 0.15) is 0 Å². The highest BCUT2D eigenvalue weighted by molar-refractivity contribution is 5.74. The smallest absolute Gasteiger partial charge is 0.316 e. The summed E-state index contributed by atoms with van der Waals surface area (Å²) in [5, 5.41) is 2.34. The molecule has 0 unspecified atom stereocenters. The maximum atomic E-state index is 10.2. The van der Waals surface area contributed by atoms with Crippen LogP contribution in [0.5, 0.6) is 0 Å². The van der Waals surface area contributed by atoms with Crippen molar-refractivity contribution in [3.05, 3.63) is 37.1 Å². The summed E-state index contributed by atoms with van der Waals surface area (Å²) in [6, 6.07) is -0.604. The van der Waals surface area contributed by atoms with E-state index in [2.05, 4.69) is 18.5 Å². The van der Waals surface area contributed by atoms with Gasteiger partial charge in [-0.25, -0.2) is 4.79 Å². The average molecular weight is 168 g/mol. The summed E-state index contributed by atoms with van der Waals surface area (Å²) in [4.78, 5) is 10.2. The molecular weight excluding hydrogens is 152 g/mol. The fourth-order valence-corrected chi connectivity index (χ4v) is 0.430. The zero-order valence-corrected chi connectivity index (χ0v) is 7.63. The SMILES string of the molecule is C=C/C=C(\C=C)NC(N)=O.CC. The van der Waals surface area contributed by atoms with Crippen molar-refractivity contribution in [1.29, 1.82) is 0 Å². The van der Waals surface area contributed by atoms with Gasteiger partial charge in [0.05, 0.1) is 0 Å². The van der Waals surface area contributed by atoms with Crippen molar-refractivity contribution >= 4 is 6.03 Å². The van der Waals surface area contributed by atoms with Gasteiger partial charge in [-0.2, -0.15) is 0 Å². The molecule has 3 nitrogen and oxygen atoms in total. The van der Waals surface area contributed by atoms with Crippen LogP contribution in [0, 0.1) is 0 Å². The van der Waals surface area contributed by atoms with Gasteiger partial charge in [-0.3, -0.25) is 0 Å². The second-order valence-corrected chi connectivity index (χ2v) is 1.55. The maximum Gasteiger partial charge on any atom is 0.316 e. The number of amides is 2. The number of nitrogens with two attached hydrogens (primary N) is 1. The Morgan fingerprint density at radius 1 is 1.42 bits per heavy atom. The van der Waals surface area contributed by atoms with Crippen LogP contribution in [0.4, 0.5) is 4.79 Å². The van der Waals surface area contributed by atoms with Crippen LogP contribution in [0.3, 0.4) is 0 Å². The Kier molecular flexibility index (Phi) is 10.4. The fourth-order valence-electron chi connectivity index (χ4n) is 0.430. The quantitative estimate of drug-likeness (QED) is 0.621. The highest BCUT2D eigenvalue weighted by atomic mass is 16.2. The van der Waals surface area contributed by atoms with Gasteiger partial charge in [-0.05, 0) is 12.2 Å². The number of carbonyl (C=O) groups excluding carboxylic acids is 1. The molecule has 0 radical (unpaired) electrons. The van der Waals surface area contributed by atoms with E-state index in [9.17, 15) is 4.79 Å². The molecule has 0 saturated carbocycles. The Balaban J connectivity index is 0. The molecule has 0 aliphatic heterocycles. The normalized spacial score (nSPS) is 9.00. The monoisotopic (exact) mass is 168 g/mol. The number of rotatable bonds is 3. The zero-order valence-electron chi connectivity index (χ0n) is 7.63. The standard InChI is InChI=1S/C7H10N2O.C2H6/c1-3-5-6(4-2)9-7(8)10;1-2/h3-5H,1-2H2,(H3,8,9,10);1-2H3/b6-5+;. The van der Waals surface area contributed by atoms with Crippen molar-refractivity contribution in [3.8, 4) is 0 Å². The van der Waals surface area contributed by atoms with Crippen LogP contribution in [0.15, 0.2) is 37.1 Å². The molecule has 3 N–H and O–H groups in total. The van der Waals surface area contributed by atoms with Crippen LogP contribution in [0.2, 0.25) is 0 Å². The molecule has 0 aliphatic carbocycles. The topological polar surface area (TPSA) is 55.1 Å². The van der Waals surface area contributed by atoms with Gasteiger partial charge in [0.15, 0.2) is 0 Å². The van der Waals surface area contributed by atoms with Crippen LogP contribution < -0.4 is 11.1 Å². The average Bonchev–Trinajstić information content (AvgIpc) is 2.07. The van der Waals surface area contributed by atoms with Crippen LogP contribution in [0.25, 0.3) is 0 Å². The van der Waals surface area contributed by atoms with Crippen molar-refractivity contribution < 1.29 is 4.79 Å². The third-order valence-corrected chi connectivity index (χ3v) is 0.785. The third kappa shape index (κ3) is 8.49. The Morgan fingerprint density at radius 3 is 2.17 bits per heavy atom. The van der Waals surface area contributed by atoms with E-state index in [4.69, 9.17) is 5.73 Å². The molecule has 0 aromatic carbocycles. The lowest BCUT2D eigenvalue weighted by Gasteiger charge is -1.98. The Morgan fingerprint density at radius 2 is 1.92 bits per heavy atom. The molecule has 0 aliphatic rings. The van der Waals surface area contributed by atoms with E-state index in [0.717, 1.165) is 0 Å². The van der Waals surface area contributed by atoms with Gasteiger partial charge in [0, 0.05) is 5.70 Å². The summed E-state index contributed by atoms with van der Waals surface area (Å²) in [7, 11) is 0. The number of primary amides is 1. The lowest BCUT2D eigenvalue weighted by atomic mass is 10.4. The molecule has 12 heavy (non-hydrogen) atoms. The Bertz CT molecular complexity index is 183. The first-order valence-corrected chi connectivity index (χ1v) is 3.72. The first kappa shape index (κ1) is 13.1. The summed E-state index contributed by atoms with van der Waals surface area (Å²) in [5.41, 5.74) is 5.37. The van der Waals surface area contributed by atoms with Gasteiger partial charge >= 0.3 is 6.03 Å². The molecule has 3 heteroatoms. The minimum Gasteiger partial charge on any atom is -0.351 e. The number of urea groups is 1. The molecular formula is C9H16N2O. The minimum atomic E-state index is -0.604. The summed E-state index contributed by atoms with van der Waals surface area (Å²) in [6.07, 6.45) is 4.61. The molecule has 2 amide bonds. The predicted molar refractivity (Wildman–Crippen MR) is 52.5 cm³/mol.